The van der Waals surface area contributed by atoms with Crippen molar-refractivity contribution >= 4 is 98.5 Å². The molecule has 3 aliphatic carbocycles. The summed E-state index contributed by atoms with van der Waals surface area (Å²) in [5, 5.41) is 14.1. The maximum absolute atomic E-state index is 2.59. The molecule has 2 aromatic heterocycles. The molecule has 374 valence electrons. The smallest absolute Gasteiger partial charge is 0.0541 e. The summed E-state index contributed by atoms with van der Waals surface area (Å²) in [7, 11) is 0. The van der Waals surface area contributed by atoms with Crippen LogP contribution in [0.5, 0.6) is 0 Å². The van der Waals surface area contributed by atoms with Crippen molar-refractivity contribution < 1.29 is 0 Å². The first-order valence-electron chi connectivity index (χ1n) is 28.1. The maximum atomic E-state index is 2.59. The standard InChI is InChI=1S/C78H51NS/c1-2-18-48(19-3-1)76-63-29-12-14-31-65(63)77(66-32-15-13-30-64(66)76)49-34-38-55(39-35-49)79-73-33-17-16-28-62(73)70-44-53(36-40-74(70)79)69-46-54(68-43-51-21-5-7-23-57(51)59-25-9-11-27-61(59)68)47-72-71-45-52(37-41-75(71)80-78(69)72)67-42-50-20-4-6-22-56(50)58-24-8-10-26-60(58)67/h1-45,47,59,61,69H,46H2. The van der Waals surface area contributed by atoms with Gasteiger partial charge in [-0.25, -0.2) is 0 Å². The van der Waals surface area contributed by atoms with E-state index in [2.05, 4.69) is 284 Å². The van der Waals surface area contributed by atoms with E-state index in [1.54, 1.807) is 0 Å². The lowest BCUT2D eigenvalue weighted by molar-refractivity contribution is 0.648. The van der Waals surface area contributed by atoms with Crippen molar-refractivity contribution in [2.75, 3.05) is 0 Å². The van der Waals surface area contributed by atoms with Gasteiger partial charge in [0.05, 0.1) is 11.0 Å². The van der Waals surface area contributed by atoms with Crippen LogP contribution in [-0.2, 0) is 0 Å². The SMILES string of the molecule is C1=CC2C(C3=Cc4c(sc5ccc(-c6cc7ccccc7c7ccccc67)cc45)C(c4ccc5c(c4)c4ccccc4n5-c4ccc(-c5c6ccccc6c(-c6ccccc6)c6ccccc56)cc4)C3)=Cc3ccccc3C2C=C1. The summed E-state index contributed by atoms with van der Waals surface area (Å²) >= 11 is 1.99. The normalized spacial score (nSPS) is 16.6. The topological polar surface area (TPSA) is 4.93 Å². The number of allylic oxidation sites excluding steroid dienone is 6. The Kier molecular flexibility index (Phi) is 10.2. The first-order chi connectivity index (χ1) is 39.7. The molecule has 80 heavy (non-hydrogen) atoms. The van der Waals surface area contributed by atoms with E-state index in [1.807, 2.05) is 11.3 Å². The highest BCUT2D eigenvalue weighted by Crippen LogP contribution is 2.54. The van der Waals surface area contributed by atoms with Crippen LogP contribution in [0, 0.1) is 5.92 Å². The molecule has 0 aliphatic heterocycles. The van der Waals surface area contributed by atoms with Crippen molar-refractivity contribution in [3.05, 3.63) is 305 Å². The number of benzene rings is 12. The van der Waals surface area contributed by atoms with Crippen molar-refractivity contribution in [3.8, 4) is 39.1 Å². The van der Waals surface area contributed by atoms with Crippen molar-refractivity contribution in [1.82, 2.24) is 4.57 Å². The zero-order chi connectivity index (χ0) is 52.4. The van der Waals surface area contributed by atoms with Crippen LogP contribution in [0.3, 0.4) is 0 Å². The highest BCUT2D eigenvalue weighted by molar-refractivity contribution is 7.19. The predicted molar refractivity (Wildman–Crippen MR) is 342 cm³/mol. The maximum Gasteiger partial charge on any atom is 0.0541 e. The number of thiophene rings is 1. The van der Waals surface area contributed by atoms with Crippen LogP contribution in [0.1, 0.15) is 45.4 Å². The molecule has 2 heterocycles. The molecule has 2 heteroatoms. The number of hydrogen-bond donors (Lipinski definition) is 0. The van der Waals surface area contributed by atoms with Gasteiger partial charge in [-0.2, -0.15) is 0 Å². The fourth-order valence-electron chi connectivity index (χ4n) is 14.4. The number of hydrogen-bond acceptors (Lipinski definition) is 1. The second-order valence-electron chi connectivity index (χ2n) is 22.1. The van der Waals surface area contributed by atoms with E-state index in [0.29, 0.717) is 5.92 Å². The fourth-order valence-corrected chi connectivity index (χ4v) is 15.6. The molecular formula is C78H51NS. The largest absolute Gasteiger partial charge is 0.309 e. The van der Waals surface area contributed by atoms with Gasteiger partial charge in [0, 0.05) is 49.2 Å². The summed E-state index contributed by atoms with van der Waals surface area (Å²) in [5.74, 6) is 0.737. The molecule has 0 saturated carbocycles. The zero-order valence-corrected chi connectivity index (χ0v) is 44.7. The number of aromatic nitrogens is 1. The lowest BCUT2D eigenvalue weighted by Crippen LogP contribution is -2.21. The molecule has 0 radical (unpaired) electrons. The molecule has 3 atom stereocenters. The van der Waals surface area contributed by atoms with E-state index in [1.165, 1.54) is 147 Å². The molecule has 0 saturated heterocycles. The Labute approximate surface area is 468 Å². The van der Waals surface area contributed by atoms with E-state index in [-0.39, 0.29) is 11.8 Å². The molecule has 3 unspecified atom stereocenters. The first-order valence-corrected chi connectivity index (χ1v) is 29.0. The summed E-state index contributed by atoms with van der Waals surface area (Å²) < 4.78 is 3.82. The second kappa shape index (κ2) is 18.0. The summed E-state index contributed by atoms with van der Waals surface area (Å²) in [5.41, 5.74) is 19.5. The van der Waals surface area contributed by atoms with Gasteiger partial charge in [0.2, 0.25) is 0 Å². The van der Waals surface area contributed by atoms with Crippen molar-refractivity contribution in [3.63, 3.8) is 0 Å². The number of fused-ring (bicyclic) bond motifs is 14. The van der Waals surface area contributed by atoms with E-state index in [0.717, 1.165) is 12.1 Å². The molecule has 0 spiro atoms. The van der Waals surface area contributed by atoms with Gasteiger partial charge >= 0.3 is 0 Å². The Morgan fingerprint density at radius 1 is 0.400 bits per heavy atom. The molecule has 1 nitrogen and oxygen atoms in total. The average Bonchev–Trinajstić information content (AvgIpc) is 4.18. The molecule has 3 aliphatic rings. The molecule has 0 fully saturated rings. The third kappa shape index (κ3) is 6.95. The summed E-state index contributed by atoms with van der Waals surface area (Å²) in [6, 6.07) is 91.0. The molecular weight excluding hydrogens is 983 g/mol. The monoisotopic (exact) mass is 1030 g/mol. The van der Waals surface area contributed by atoms with Gasteiger partial charge in [-0.1, -0.05) is 225 Å². The first kappa shape index (κ1) is 45.4. The Morgan fingerprint density at radius 2 is 1.00 bits per heavy atom. The predicted octanol–water partition coefficient (Wildman–Crippen LogP) is 21.5. The lowest BCUT2D eigenvalue weighted by Gasteiger charge is -2.35. The minimum atomic E-state index is 0.163. The molecule has 0 bridgehead atoms. The van der Waals surface area contributed by atoms with Crippen LogP contribution in [-0.4, -0.2) is 4.57 Å². The molecule has 17 rings (SSSR count). The number of rotatable bonds is 6. The third-order valence-corrected chi connectivity index (χ3v) is 19.2. The third-order valence-electron chi connectivity index (χ3n) is 17.9. The average molecular weight is 1030 g/mol. The zero-order valence-electron chi connectivity index (χ0n) is 43.9. The van der Waals surface area contributed by atoms with Crippen LogP contribution in [0.2, 0.25) is 0 Å². The van der Waals surface area contributed by atoms with Gasteiger partial charge in [-0.15, -0.1) is 11.3 Å². The minimum absolute atomic E-state index is 0.163. The van der Waals surface area contributed by atoms with E-state index >= 15 is 0 Å². The van der Waals surface area contributed by atoms with Crippen LogP contribution < -0.4 is 0 Å². The Hall–Kier alpha value is -9.60. The molecule has 14 aromatic rings. The Bertz CT molecular complexity index is 4980. The van der Waals surface area contributed by atoms with Gasteiger partial charge < -0.3 is 4.57 Å². The van der Waals surface area contributed by atoms with Gasteiger partial charge in [0.25, 0.3) is 0 Å². The number of nitrogens with zero attached hydrogens (tertiary/aromatic N) is 1. The van der Waals surface area contributed by atoms with Gasteiger partial charge in [-0.05, 0) is 171 Å². The van der Waals surface area contributed by atoms with Crippen molar-refractivity contribution in [1.29, 1.82) is 0 Å². The van der Waals surface area contributed by atoms with E-state index in [4.69, 9.17) is 0 Å². The van der Waals surface area contributed by atoms with Gasteiger partial charge in [0.1, 0.15) is 0 Å². The summed E-state index contributed by atoms with van der Waals surface area (Å²) in [6.45, 7) is 0. The molecule has 12 aromatic carbocycles. The Balaban J connectivity index is 0.818. The summed E-state index contributed by atoms with van der Waals surface area (Å²) in [4.78, 5) is 1.45. The van der Waals surface area contributed by atoms with E-state index in [9.17, 15) is 0 Å². The van der Waals surface area contributed by atoms with Crippen LogP contribution in [0.25, 0.3) is 126 Å². The quantitative estimate of drug-likeness (QED) is 0.116. The van der Waals surface area contributed by atoms with Crippen LogP contribution in [0.4, 0.5) is 0 Å². The fraction of sp³-hybridized carbons (Fsp3) is 0.0513. The number of para-hydroxylation sites is 1. The van der Waals surface area contributed by atoms with Gasteiger partial charge in [-0.3, -0.25) is 0 Å². The molecule has 0 amide bonds. The van der Waals surface area contributed by atoms with Crippen LogP contribution in [0.15, 0.2) is 278 Å². The molecule has 0 N–H and O–H groups in total. The second-order valence-corrected chi connectivity index (χ2v) is 23.2. The highest BCUT2D eigenvalue weighted by Gasteiger charge is 2.35. The summed E-state index contributed by atoms with van der Waals surface area (Å²) in [6.07, 6.45) is 15.4. The van der Waals surface area contributed by atoms with Crippen molar-refractivity contribution in [2.45, 2.75) is 18.3 Å². The minimum Gasteiger partial charge on any atom is -0.309 e. The highest BCUT2D eigenvalue weighted by atomic mass is 32.1. The van der Waals surface area contributed by atoms with Gasteiger partial charge in [0.15, 0.2) is 0 Å². The van der Waals surface area contributed by atoms with E-state index < -0.39 is 0 Å². The van der Waals surface area contributed by atoms with Crippen LogP contribution >= 0.6 is 11.3 Å². The van der Waals surface area contributed by atoms with Crippen molar-refractivity contribution in [2.24, 2.45) is 5.92 Å². The lowest BCUT2D eigenvalue weighted by atomic mass is 9.68. The Morgan fingerprint density at radius 3 is 1.76 bits per heavy atom.